The van der Waals surface area contributed by atoms with Crippen LogP contribution in [0.5, 0.6) is 0 Å². The van der Waals surface area contributed by atoms with E-state index in [-0.39, 0.29) is 15.7 Å². The molecule has 4 rings (SSSR count). The summed E-state index contributed by atoms with van der Waals surface area (Å²) in [6.45, 7) is 2.22. The highest BCUT2D eigenvalue weighted by Gasteiger charge is 2.18. The molecule has 0 saturated heterocycles. The van der Waals surface area contributed by atoms with Crippen LogP contribution in [0.3, 0.4) is 0 Å². The van der Waals surface area contributed by atoms with Gasteiger partial charge in [0.05, 0.1) is 16.8 Å². The summed E-state index contributed by atoms with van der Waals surface area (Å²) in [6, 6.07) is 9.51. The zero-order chi connectivity index (χ0) is 22.6. The number of pyridine rings is 1. The number of amides is 1. The first-order chi connectivity index (χ1) is 15.4. The van der Waals surface area contributed by atoms with Crippen molar-refractivity contribution in [2.45, 2.75) is 18.4 Å². The molecule has 0 aliphatic carbocycles. The van der Waals surface area contributed by atoms with Crippen LogP contribution in [0.1, 0.15) is 21.1 Å². The number of nitrogens with one attached hydrogen (secondary N) is 4. The summed E-state index contributed by atoms with van der Waals surface area (Å²) >= 11 is 1.14. The summed E-state index contributed by atoms with van der Waals surface area (Å²) in [4.78, 5) is 16.7. The molecule has 0 saturated carbocycles. The lowest BCUT2D eigenvalue weighted by Gasteiger charge is -2.09. The van der Waals surface area contributed by atoms with Gasteiger partial charge in [-0.25, -0.2) is 8.42 Å². The summed E-state index contributed by atoms with van der Waals surface area (Å²) in [6.07, 6.45) is 4.90. The summed E-state index contributed by atoms with van der Waals surface area (Å²) in [7, 11) is -3.81. The quantitative estimate of drug-likeness (QED) is 0.306. The molecular weight excluding hydrogens is 452 g/mol. The number of rotatable bonds is 8. The third kappa shape index (κ3) is 5.07. The number of sulfonamides is 1. The van der Waals surface area contributed by atoms with E-state index in [0.717, 1.165) is 16.9 Å². The number of carbonyl (C=O) groups is 1. The molecule has 164 valence electrons. The molecule has 0 atom stereocenters. The zero-order valence-corrected chi connectivity index (χ0v) is 18.4. The van der Waals surface area contributed by atoms with Crippen LogP contribution in [0.2, 0.25) is 0 Å². The Labute approximate surface area is 187 Å². The van der Waals surface area contributed by atoms with Gasteiger partial charge in [-0.05, 0) is 48.9 Å². The van der Waals surface area contributed by atoms with E-state index in [1.165, 1.54) is 30.5 Å². The van der Waals surface area contributed by atoms with E-state index < -0.39 is 15.9 Å². The third-order valence-corrected chi connectivity index (χ3v) is 6.51. The number of hydrogen-bond acceptors (Lipinski definition) is 9. The van der Waals surface area contributed by atoms with Crippen molar-refractivity contribution in [1.82, 2.24) is 25.4 Å². The normalized spacial score (nSPS) is 11.2. The molecule has 0 aliphatic heterocycles. The van der Waals surface area contributed by atoms with Crippen LogP contribution in [0.4, 0.5) is 16.5 Å². The standard InChI is InChI=1S/C19H18N8O3S2/c1-12-24-26-19(31-12)27-32(29,30)15-4-2-14(3-5-15)23-18(28)17-16(11-22-25-17)21-10-13-6-8-20-9-7-13/h2-9,11,21H,10H2,1H3,(H,22,25)(H,23,28)(H,26,27). The topological polar surface area (TPSA) is 155 Å². The van der Waals surface area contributed by atoms with E-state index in [0.29, 0.717) is 22.9 Å². The Kier molecular flexibility index (Phi) is 6.09. The summed E-state index contributed by atoms with van der Waals surface area (Å²) in [5, 5.41) is 20.8. The third-order valence-electron chi connectivity index (χ3n) is 4.27. The van der Waals surface area contributed by atoms with Gasteiger partial charge < -0.3 is 10.6 Å². The average Bonchev–Trinajstić information content (AvgIpc) is 3.42. The highest BCUT2D eigenvalue weighted by molar-refractivity contribution is 7.93. The number of carbonyl (C=O) groups excluding carboxylic acids is 1. The first kappa shape index (κ1) is 21.4. The average molecular weight is 471 g/mol. The molecule has 11 nitrogen and oxygen atoms in total. The Morgan fingerprint density at radius 3 is 2.53 bits per heavy atom. The van der Waals surface area contributed by atoms with Crippen molar-refractivity contribution < 1.29 is 13.2 Å². The second-order valence-electron chi connectivity index (χ2n) is 6.58. The molecule has 0 fully saturated rings. The Balaban J connectivity index is 1.41. The van der Waals surface area contributed by atoms with Crippen molar-refractivity contribution in [3.8, 4) is 0 Å². The van der Waals surface area contributed by atoms with Gasteiger partial charge in [0.15, 0.2) is 0 Å². The van der Waals surface area contributed by atoms with Gasteiger partial charge in [0, 0.05) is 24.6 Å². The van der Waals surface area contributed by atoms with Crippen LogP contribution in [0.25, 0.3) is 0 Å². The molecule has 1 amide bonds. The molecule has 0 unspecified atom stereocenters. The minimum absolute atomic E-state index is 0.0320. The van der Waals surface area contributed by atoms with Crippen LogP contribution in [-0.2, 0) is 16.6 Å². The minimum atomic E-state index is -3.81. The number of nitrogens with zero attached hydrogens (tertiary/aromatic N) is 4. The number of hydrogen-bond donors (Lipinski definition) is 4. The first-order valence-corrected chi connectivity index (χ1v) is 11.6. The van der Waals surface area contributed by atoms with Gasteiger partial charge in [0.2, 0.25) is 5.13 Å². The second kappa shape index (κ2) is 9.11. The van der Waals surface area contributed by atoms with E-state index in [1.807, 2.05) is 12.1 Å². The lowest BCUT2D eigenvalue weighted by molar-refractivity contribution is 0.102. The number of aromatic amines is 1. The maximum atomic E-state index is 12.7. The van der Waals surface area contributed by atoms with Crippen molar-refractivity contribution in [2.75, 3.05) is 15.4 Å². The van der Waals surface area contributed by atoms with Crippen molar-refractivity contribution in [3.05, 3.63) is 71.3 Å². The molecule has 3 heterocycles. The van der Waals surface area contributed by atoms with Gasteiger partial charge in [-0.1, -0.05) is 11.3 Å². The van der Waals surface area contributed by atoms with E-state index in [2.05, 4.69) is 40.7 Å². The van der Waals surface area contributed by atoms with E-state index in [1.54, 1.807) is 19.3 Å². The number of H-pyrrole nitrogens is 1. The summed E-state index contributed by atoms with van der Waals surface area (Å²) in [5.41, 5.74) is 2.22. The van der Waals surface area contributed by atoms with Gasteiger partial charge in [-0.2, -0.15) is 5.10 Å². The molecule has 0 aliphatic rings. The molecule has 3 aromatic heterocycles. The molecule has 0 spiro atoms. The summed E-state index contributed by atoms with van der Waals surface area (Å²) in [5.74, 6) is -0.419. The molecule has 0 radical (unpaired) electrons. The highest BCUT2D eigenvalue weighted by atomic mass is 32.2. The Morgan fingerprint density at radius 1 is 1.09 bits per heavy atom. The molecule has 4 N–H and O–H groups in total. The molecular formula is C19H18N8O3S2. The Bertz CT molecular complexity index is 1320. The van der Waals surface area contributed by atoms with Crippen LogP contribution in [0, 0.1) is 6.92 Å². The molecule has 1 aromatic carbocycles. The number of aromatic nitrogens is 5. The van der Waals surface area contributed by atoms with Crippen LogP contribution < -0.4 is 15.4 Å². The smallest absolute Gasteiger partial charge is 0.275 e. The molecule has 32 heavy (non-hydrogen) atoms. The van der Waals surface area contributed by atoms with Gasteiger partial charge in [-0.3, -0.25) is 19.6 Å². The van der Waals surface area contributed by atoms with Gasteiger partial charge in [0.1, 0.15) is 10.7 Å². The van der Waals surface area contributed by atoms with E-state index in [9.17, 15) is 13.2 Å². The zero-order valence-electron chi connectivity index (χ0n) is 16.7. The van der Waals surface area contributed by atoms with Crippen LogP contribution >= 0.6 is 11.3 Å². The maximum Gasteiger partial charge on any atom is 0.275 e. The SMILES string of the molecule is Cc1nnc(NS(=O)(=O)c2ccc(NC(=O)c3[nH]ncc3NCc3ccncc3)cc2)s1. The maximum absolute atomic E-state index is 12.7. The fourth-order valence-corrected chi connectivity index (χ4v) is 4.54. The predicted molar refractivity (Wildman–Crippen MR) is 120 cm³/mol. The van der Waals surface area contributed by atoms with Crippen LogP contribution in [0.15, 0.2) is 59.9 Å². The fraction of sp³-hybridized carbons (Fsp3) is 0.105. The van der Waals surface area contributed by atoms with E-state index in [4.69, 9.17) is 0 Å². The minimum Gasteiger partial charge on any atom is -0.378 e. The highest BCUT2D eigenvalue weighted by Crippen LogP contribution is 2.21. The number of benzene rings is 1. The van der Waals surface area contributed by atoms with E-state index >= 15 is 0 Å². The second-order valence-corrected chi connectivity index (χ2v) is 9.44. The fourth-order valence-electron chi connectivity index (χ4n) is 2.71. The first-order valence-electron chi connectivity index (χ1n) is 9.31. The Morgan fingerprint density at radius 2 is 1.84 bits per heavy atom. The van der Waals surface area contributed by atoms with Crippen molar-refractivity contribution in [2.24, 2.45) is 0 Å². The van der Waals surface area contributed by atoms with Crippen molar-refractivity contribution in [1.29, 1.82) is 0 Å². The molecule has 4 aromatic rings. The van der Waals surface area contributed by atoms with Gasteiger partial charge in [-0.15, -0.1) is 10.2 Å². The predicted octanol–water partition coefficient (Wildman–Crippen LogP) is 2.63. The monoisotopic (exact) mass is 470 g/mol. The number of aryl methyl sites for hydroxylation is 1. The van der Waals surface area contributed by atoms with Gasteiger partial charge in [0.25, 0.3) is 15.9 Å². The lowest BCUT2D eigenvalue weighted by Crippen LogP contribution is -2.15. The van der Waals surface area contributed by atoms with Crippen molar-refractivity contribution in [3.63, 3.8) is 0 Å². The van der Waals surface area contributed by atoms with Crippen molar-refractivity contribution >= 4 is 43.8 Å². The Hall–Kier alpha value is -3.84. The molecule has 13 heteroatoms. The lowest BCUT2D eigenvalue weighted by atomic mass is 10.2. The van der Waals surface area contributed by atoms with Crippen LogP contribution in [-0.4, -0.2) is 39.7 Å². The van der Waals surface area contributed by atoms with Gasteiger partial charge >= 0.3 is 0 Å². The summed E-state index contributed by atoms with van der Waals surface area (Å²) < 4.78 is 27.3. The number of anilines is 3. The molecule has 0 bridgehead atoms. The largest absolute Gasteiger partial charge is 0.378 e.